The van der Waals surface area contributed by atoms with Crippen LogP contribution in [0.15, 0.2) is 70.8 Å². The van der Waals surface area contributed by atoms with E-state index in [-0.39, 0.29) is 11.7 Å². The standard InChI is InChI=1S/C22H24N4OS/c1-3-26(4-2)19-12-9-17(10-13-19)15-23-25-21(27)16-28-22-14-11-18-7-5-6-8-20(18)24-22/h5-15H,3-4,16H2,1-2H3,(H,25,27)/b23-15-. The van der Waals surface area contributed by atoms with Gasteiger partial charge in [0.2, 0.25) is 5.91 Å². The van der Waals surface area contributed by atoms with Gasteiger partial charge in [0.05, 0.1) is 22.5 Å². The number of hydrogen-bond acceptors (Lipinski definition) is 5. The second kappa shape index (κ2) is 9.90. The molecule has 0 bridgehead atoms. The summed E-state index contributed by atoms with van der Waals surface area (Å²) in [5.41, 5.74) is 5.63. The van der Waals surface area contributed by atoms with E-state index in [4.69, 9.17) is 0 Å². The van der Waals surface area contributed by atoms with Gasteiger partial charge in [-0.05, 0) is 43.7 Å². The number of nitrogens with zero attached hydrogens (tertiary/aromatic N) is 3. The van der Waals surface area contributed by atoms with Crippen LogP contribution in [-0.4, -0.2) is 35.9 Å². The van der Waals surface area contributed by atoms with Crippen molar-refractivity contribution in [3.05, 3.63) is 66.2 Å². The van der Waals surface area contributed by atoms with Crippen molar-refractivity contribution >= 4 is 40.5 Å². The molecule has 0 fully saturated rings. The van der Waals surface area contributed by atoms with Crippen molar-refractivity contribution in [3.8, 4) is 0 Å². The molecule has 0 unspecified atom stereocenters. The molecule has 3 rings (SSSR count). The van der Waals surface area contributed by atoms with Crippen LogP contribution in [0.4, 0.5) is 5.69 Å². The molecule has 1 amide bonds. The number of carbonyl (C=O) groups excluding carboxylic acids is 1. The Morgan fingerprint density at radius 1 is 1.07 bits per heavy atom. The number of amides is 1. The summed E-state index contributed by atoms with van der Waals surface area (Å²) in [4.78, 5) is 18.8. The molecule has 0 aliphatic heterocycles. The number of hydrogen-bond donors (Lipinski definition) is 1. The zero-order chi connectivity index (χ0) is 19.8. The lowest BCUT2D eigenvalue weighted by molar-refractivity contribution is -0.118. The van der Waals surface area contributed by atoms with Gasteiger partial charge < -0.3 is 4.90 Å². The zero-order valence-electron chi connectivity index (χ0n) is 16.1. The molecular weight excluding hydrogens is 368 g/mol. The van der Waals surface area contributed by atoms with Crippen molar-refractivity contribution < 1.29 is 4.79 Å². The van der Waals surface area contributed by atoms with Crippen LogP contribution in [-0.2, 0) is 4.79 Å². The zero-order valence-corrected chi connectivity index (χ0v) is 16.9. The summed E-state index contributed by atoms with van der Waals surface area (Å²) in [5, 5.41) is 5.96. The van der Waals surface area contributed by atoms with Gasteiger partial charge in [0.15, 0.2) is 0 Å². The number of fused-ring (bicyclic) bond motifs is 1. The number of hydrazone groups is 1. The first-order chi connectivity index (χ1) is 13.7. The van der Waals surface area contributed by atoms with Gasteiger partial charge in [-0.2, -0.15) is 5.10 Å². The van der Waals surface area contributed by atoms with E-state index < -0.39 is 0 Å². The fraction of sp³-hybridized carbons (Fsp3) is 0.227. The van der Waals surface area contributed by atoms with Crippen molar-refractivity contribution in [2.24, 2.45) is 5.10 Å². The quantitative estimate of drug-likeness (QED) is 0.352. The van der Waals surface area contributed by atoms with Crippen molar-refractivity contribution in [2.45, 2.75) is 18.9 Å². The molecule has 0 saturated carbocycles. The van der Waals surface area contributed by atoms with E-state index in [1.165, 1.54) is 17.4 Å². The highest BCUT2D eigenvalue weighted by atomic mass is 32.2. The van der Waals surface area contributed by atoms with Gasteiger partial charge in [-0.15, -0.1) is 0 Å². The molecule has 0 aliphatic rings. The highest BCUT2D eigenvalue weighted by Crippen LogP contribution is 2.19. The highest BCUT2D eigenvalue weighted by Gasteiger charge is 2.04. The lowest BCUT2D eigenvalue weighted by Gasteiger charge is -2.20. The summed E-state index contributed by atoms with van der Waals surface area (Å²) in [5.74, 6) is 0.111. The number of thioether (sulfide) groups is 1. The summed E-state index contributed by atoms with van der Waals surface area (Å²) < 4.78 is 0. The molecule has 1 aromatic heterocycles. The predicted octanol–water partition coefficient (Wildman–Crippen LogP) is 4.32. The van der Waals surface area contributed by atoms with Crippen LogP contribution in [0.2, 0.25) is 0 Å². The SMILES string of the molecule is CCN(CC)c1ccc(/C=N\NC(=O)CSc2ccc3ccccc3n2)cc1. The Balaban J connectivity index is 1.49. The van der Waals surface area contributed by atoms with E-state index in [0.717, 1.165) is 34.6 Å². The van der Waals surface area contributed by atoms with Gasteiger partial charge in [-0.25, -0.2) is 10.4 Å². The fourth-order valence-corrected chi connectivity index (χ4v) is 3.51. The van der Waals surface area contributed by atoms with Crippen molar-refractivity contribution in [3.63, 3.8) is 0 Å². The van der Waals surface area contributed by atoms with Gasteiger partial charge in [0, 0.05) is 24.2 Å². The molecule has 1 N–H and O–H groups in total. The molecule has 6 heteroatoms. The van der Waals surface area contributed by atoms with E-state index in [9.17, 15) is 4.79 Å². The molecule has 0 radical (unpaired) electrons. The van der Waals surface area contributed by atoms with Crippen molar-refractivity contribution in [2.75, 3.05) is 23.7 Å². The van der Waals surface area contributed by atoms with E-state index in [1.807, 2.05) is 48.5 Å². The molecular formula is C22H24N4OS. The Morgan fingerprint density at radius 2 is 1.82 bits per heavy atom. The molecule has 0 saturated heterocycles. The van der Waals surface area contributed by atoms with Crippen LogP contribution in [0.1, 0.15) is 19.4 Å². The molecule has 144 valence electrons. The van der Waals surface area contributed by atoms with Crippen LogP contribution in [0.3, 0.4) is 0 Å². The third-order valence-corrected chi connectivity index (χ3v) is 5.28. The van der Waals surface area contributed by atoms with Crippen LogP contribution < -0.4 is 10.3 Å². The maximum atomic E-state index is 12.0. The van der Waals surface area contributed by atoms with E-state index >= 15 is 0 Å². The maximum absolute atomic E-state index is 12.0. The molecule has 0 spiro atoms. The third kappa shape index (κ3) is 5.33. The molecule has 5 nitrogen and oxygen atoms in total. The number of carbonyl (C=O) groups is 1. The second-order valence-corrected chi connectivity index (χ2v) is 7.18. The number of para-hydroxylation sites is 1. The second-order valence-electron chi connectivity index (χ2n) is 6.19. The van der Waals surface area contributed by atoms with Crippen LogP contribution in [0.25, 0.3) is 10.9 Å². The van der Waals surface area contributed by atoms with Crippen molar-refractivity contribution in [1.82, 2.24) is 10.4 Å². The first kappa shape index (κ1) is 19.9. The number of rotatable bonds is 8. The number of nitrogens with one attached hydrogen (secondary N) is 1. The average molecular weight is 393 g/mol. The topological polar surface area (TPSA) is 57.6 Å². The highest BCUT2D eigenvalue weighted by molar-refractivity contribution is 7.99. The largest absolute Gasteiger partial charge is 0.372 e. The summed E-state index contributed by atoms with van der Waals surface area (Å²) in [6.45, 7) is 6.23. The van der Waals surface area contributed by atoms with E-state index in [1.54, 1.807) is 6.21 Å². The number of pyridine rings is 1. The van der Waals surface area contributed by atoms with E-state index in [2.05, 4.69) is 46.4 Å². The Morgan fingerprint density at radius 3 is 2.57 bits per heavy atom. The third-order valence-electron chi connectivity index (χ3n) is 4.35. The Hall–Kier alpha value is -2.86. The monoisotopic (exact) mass is 392 g/mol. The van der Waals surface area contributed by atoms with Gasteiger partial charge >= 0.3 is 0 Å². The summed E-state index contributed by atoms with van der Waals surface area (Å²) in [6, 6.07) is 20.0. The smallest absolute Gasteiger partial charge is 0.250 e. The molecule has 0 aliphatic carbocycles. The average Bonchev–Trinajstić information content (AvgIpc) is 2.74. The van der Waals surface area contributed by atoms with Gasteiger partial charge in [0.1, 0.15) is 0 Å². The first-order valence-electron chi connectivity index (χ1n) is 9.35. The van der Waals surface area contributed by atoms with Gasteiger partial charge in [-0.3, -0.25) is 4.79 Å². The Kier molecular flexibility index (Phi) is 7.03. The minimum atomic E-state index is -0.157. The summed E-state index contributed by atoms with van der Waals surface area (Å²) in [7, 11) is 0. The first-order valence-corrected chi connectivity index (χ1v) is 10.3. The molecule has 3 aromatic rings. The van der Waals surface area contributed by atoms with Crippen LogP contribution >= 0.6 is 11.8 Å². The molecule has 28 heavy (non-hydrogen) atoms. The van der Waals surface area contributed by atoms with Gasteiger partial charge in [0.25, 0.3) is 0 Å². The van der Waals surface area contributed by atoms with Crippen LogP contribution in [0.5, 0.6) is 0 Å². The van der Waals surface area contributed by atoms with E-state index in [0.29, 0.717) is 0 Å². The summed E-state index contributed by atoms with van der Waals surface area (Å²) >= 11 is 1.40. The lowest BCUT2D eigenvalue weighted by Crippen LogP contribution is -2.21. The number of benzene rings is 2. The lowest BCUT2D eigenvalue weighted by atomic mass is 10.2. The normalized spacial score (nSPS) is 11.1. The molecule has 1 heterocycles. The molecule has 2 aromatic carbocycles. The minimum Gasteiger partial charge on any atom is -0.372 e. The minimum absolute atomic E-state index is 0.157. The van der Waals surface area contributed by atoms with Crippen molar-refractivity contribution in [1.29, 1.82) is 0 Å². The maximum Gasteiger partial charge on any atom is 0.250 e. The number of aromatic nitrogens is 1. The van der Waals surface area contributed by atoms with Gasteiger partial charge in [-0.1, -0.05) is 48.2 Å². The molecule has 0 atom stereocenters. The number of anilines is 1. The fourth-order valence-electron chi connectivity index (χ4n) is 2.84. The predicted molar refractivity (Wildman–Crippen MR) is 118 cm³/mol. The summed E-state index contributed by atoms with van der Waals surface area (Å²) in [6.07, 6.45) is 1.66. The Bertz CT molecular complexity index is 952. The van der Waals surface area contributed by atoms with Crippen LogP contribution in [0, 0.1) is 0 Å². The Labute approximate surface area is 169 Å².